The SMILES string of the molecule is CCCCCCCC(N)(CCCCCCC)CC(=O)NC1CCC(=O)N(CC(=O)c2ccccc2)C1=O. The minimum Gasteiger partial charge on any atom is -0.344 e. The summed E-state index contributed by atoms with van der Waals surface area (Å²) in [6.07, 6.45) is 13.4. The molecule has 3 N–H and O–H groups in total. The van der Waals surface area contributed by atoms with Gasteiger partial charge >= 0.3 is 0 Å². The minimum absolute atomic E-state index is 0.112. The number of imide groups is 1. The highest BCUT2D eigenvalue weighted by atomic mass is 16.2. The number of unbranched alkanes of at least 4 members (excludes halogenated alkanes) is 8. The number of Topliss-reactive ketones (excluding diaryl/α,β-unsaturated/α-hetero) is 1. The Morgan fingerprint density at radius 1 is 0.919 bits per heavy atom. The summed E-state index contributed by atoms with van der Waals surface area (Å²) in [5, 5.41) is 2.84. The number of likely N-dealkylation sites (tertiary alicyclic amines) is 1. The Bertz CT molecular complexity index is 857. The first-order valence-corrected chi connectivity index (χ1v) is 14.3. The maximum absolute atomic E-state index is 13.1. The summed E-state index contributed by atoms with van der Waals surface area (Å²) in [6.45, 7) is 4.06. The van der Waals surface area contributed by atoms with E-state index >= 15 is 0 Å². The highest BCUT2D eigenvalue weighted by Crippen LogP contribution is 2.25. The lowest BCUT2D eigenvalue weighted by atomic mass is 9.84. The summed E-state index contributed by atoms with van der Waals surface area (Å²) in [7, 11) is 0. The predicted molar refractivity (Wildman–Crippen MR) is 147 cm³/mol. The molecule has 3 amide bonds. The van der Waals surface area contributed by atoms with E-state index in [4.69, 9.17) is 5.73 Å². The van der Waals surface area contributed by atoms with Gasteiger partial charge in [0.05, 0.1) is 6.54 Å². The molecule has 1 aliphatic rings. The van der Waals surface area contributed by atoms with Gasteiger partial charge in [-0.2, -0.15) is 0 Å². The summed E-state index contributed by atoms with van der Waals surface area (Å²) >= 11 is 0. The van der Waals surface area contributed by atoms with Gasteiger partial charge in [-0.1, -0.05) is 108 Å². The first-order chi connectivity index (χ1) is 17.8. The van der Waals surface area contributed by atoms with Crippen LogP contribution in [0.4, 0.5) is 0 Å². The molecule has 0 saturated carbocycles. The molecular formula is C30H47N3O4. The number of nitrogens with one attached hydrogen (secondary N) is 1. The average molecular weight is 514 g/mol. The lowest BCUT2D eigenvalue weighted by molar-refractivity contribution is -0.150. The van der Waals surface area contributed by atoms with E-state index in [9.17, 15) is 19.2 Å². The van der Waals surface area contributed by atoms with Crippen molar-refractivity contribution in [2.75, 3.05) is 6.54 Å². The highest BCUT2D eigenvalue weighted by Gasteiger charge is 2.37. The number of piperidine rings is 1. The lowest BCUT2D eigenvalue weighted by Gasteiger charge is -2.33. The molecular weight excluding hydrogens is 466 g/mol. The number of amides is 3. The Balaban J connectivity index is 1.96. The number of hydrogen-bond donors (Lipinski definition) is 2. The molecule has 0 aromatic heterocycles. The second-order valence-electron chi connectivity index (χ2n) is 10.6. The fraction of sp³-hybridized carbons (Fsp3) is 0.667. The molecule has 1 aromatic rings. The normalized spacial score (nSPS) is 16.2. The number of rotatable bonds is 18. The molecule has 37 heavy (non-hydrogen) atoms. The molecule has 7 heteroatoms. The van der Waals surface area contributed by atoms with Gasteiger partial charge in [0.25, 0.3) is 5.91 Å². The zero-order chi connectivity index (χ0) is 27.1. The van der Waals surface area contributed by atoms with Crippen molar-refractivity contribution in [1.29, 1.82) is 0 Å². The number of carbonyl (C=O) groups excluding carboxylic acids is 4. The van der Waals surface area contributed by atoms with E-state index in [0.29, 0.717) is 5.56 Å². The van der Waals surface area contributed by atoms with Crippen molar-refractivity contribution in [3.8, 4) is 0 Å². The largest absolute Gasteiger partial charge is 0.344 e. The smallest absolute Gasteiger partial charge is 0.252 e. The quantitative estimate of drug-likeness (QED) is 0.157. The van der Waals surface area contributed by atoms with Crippen LogP contribution in [0.5, 0.6) is 0 Å². The Kier molecular flexibility index (Phi) is 13.5. The average Bonchev–Trinajstić information content (AvgIpc) is 2.88. The van der Waals surface area contributed by atoms with Gasteiger partial charge in [-0.25, -0.2) is 0 Å². The summed E-state index contributed by atoms with van der Waals surface area (Å²) in [5.74, 6) is -1.46. The van der Waals surface area contributed by atoms with Gasteiger partial charge in [-0.3, -0.25) is 24.1 Å². The molecule has 206 valence electrons. The van der Waals surface area contributed by atoms with E-state index in [2.05, 4.69) is 19.2 Å². The van der Waals surface area contributed by atoms with Crippen molar-refractivity contribution in [1.82, 2.24) is 10.2 Å². The third-order valence-corrected chi connectivity index (χ3v) is 7.31. The maximum atomic E-state index is 13.1. The molecule has 1 fully saturated rings. The molecule has 0 aliphatic carbocycles. The highest BCUT2D eigenvalue weighted by molar-refractivity contribution is 6.07. The molecule has 0 bridgehead atoms. The van der Waals surface area contributed by atoms with Crippen molar-refractivity contribution < 1.29 is 19.2 Å². The first-order valence-electron chi connectivity index (χ1n) is 14.3. The number of carbonyl (C=O) groups is 4. The summed E-state index contributed by atoms with van der Waals surface area (Å²) < 4.78 is 0. The third-order valence-electron chi connectivity index (χ3n) is 7.31. The second-order valence-corrected chi connectivity index (χ2v) is 10.6. The van der Waals surface area contributed by atoms with Crippen LogP contribution in [-0.2, 0) is 14.4 Å². The fourth-order valence-electron chi connectivity index (χ4n) is 5.02. The number of benzene rings is 1. The summed E-state index contributed by atoms with van der Waals surface area (Å²) in [4.78, 5) is 52.1. The summed E-state index contributed by atoms with van der Waals surface area (Å²) in [5.41, 5.74) is 6.64. The van der Waals surface area contributed by atoms with E-state index < -0.39 is 17.5 Å². The maximum Gasteiger partial charge on any atom is 0.252 e. The van der Waals surface area contributed by atoms with E-state index in [-0.39, 0.29) is 43.4 Å². The molecule has 1 saturated heterocycles. The van der Waals surface area contributed by atoms with Gasteiger partial charge in [-0.05, 0) is 19.3 Å². The van der Waals surface area contributed by atoms with Crippen molar-refractivity contribution >= 4 is 23.5 Å². The molecule has 1 atom stereocenters. The minimum atomic E-state index is -0.813. The van der Waals surface area contributed by atoms with Gasteiger partial charge in [0.1, 0.15) is 6.04 Å². The van der Waals surface area contributed by atoms with Crippen LogP contribution in [0.3, 0.4) is 0 Å². The molecule has 1 aliphatic heterocycles. The molecule has 1 aromatic carbocycles. The predicted octanol–water partition coefficient (Wildman–Crippen LogP) is 5.31. The van der Waals surface area contributed by atoms with Gasteiger partial charge in [0, 0.05) is 23.9 Å². The number of ketones is 1. The van der Waals surface area contributed by atoms with Crippen molar-refractivity contribution in [2.45, 2.75) is 122 Å². The van der Waals surface area contributed by atoms with Crippen molar-refractivity contribution in [3.63, 3.8) is 0 Å². The van der Waals surface area contributed by atoms with Crippen LogP contribution in [0, 0.1) is 0 Å². The van der Waals surface area contributed by atoms with Gasteiger partial charge < -0.3 is 11.1 Å². The molecule has 1 unspecified atom stereocenters. The molecule has 2 rings (SSSR count). The first kappa shape index (κ1) is 30.7. The van der Waals surface area contributed by atoms with Crippen LogP contribution in [0.15, 0.2) is 30.3 Å². The Morgan fingerprint density at radius 2 is 1.49 bits per heavy atom. The van der Waals surface area contributed by atoms with Crippen LogP contribution in [0.1, 0.15) is 121 Å². The molecule has 0 spiro atoms. The zero-order valence-electron chi connectivity index (χ0n) is 22.9. The van der Waals surface area contributed by atoms with Gasteiger partial charge in [0.2, 0.25) is 11.8 Å². The van der Waals surface area contributed by atoms with Gasteiger partial charge in [0.15, 0.2) is 5.78 Å². The van der Waals surface area contributed by atoms with Crippen LogP contribution in [0.25, 0.3) is 0 Å². The third kappa shape index (κ3) is 10.8. The van der Waals surface area contributed by atoms with E-state index in [1.165, 1.54) is 38.5 Å². The van der Waals surface area contributed by atoms with Crippen molar-refractivity contribution in [2.24, 2.45) is 5.73 Å². The Hall–Kier alpha value is -2.54. The van der Waals surface area contributed by atoms with E-state index in [1.54, 1.807) is 30.3 Å². The van der Waals surface area contributed by atoms with Crippen molar-refractivity contribution in [3.05, 3.63) is 35.9 Å². The van der Waals surface area contributed by atoms with E-state index in [1.807, 2.05) is 0 Å². The monoisotopic (exact) mass is 513 g/mol. The Morgan fingerprint density at radius 3 is 2.05 bits per heavy atom. The standard InChI is InChI=1S/C30H47N3O4/c1-3-5-7-9-14-20-30(31,21-15-10-8-6-4-2)22-27(35)32-25-18-19-28(36)33(29(25)37)23-26(34)24-16-12-11-13-17-24/h11-13,16-17,25H,3-10,14-15,18-23,31H2,1-2H3,(H,32,35). The number of nitrogens with two attached hydrogens (primary N) is 1. The lowest BCUT2D eigenvalue weighted by Crippen LogP contribution is -2.56. The second kappa shape index (κ2) is 16.3. The molecule has 0 radical (unpaired) electrons. The van der Waals surface area contributed by atoms with Crippen LogP contribution in [-0.4, -0.2) is 46.5 Å². The number of nitrogens with zero attached hydrogens (tertiary/aromatic N) is 1. The van der Waals surface area contributed by atoms with Crippen LogP contribution >= 0.6 is 0 Å². The summed E-state index contributed by atoms with van der Waals surface area (Å²) in [6, 6.07) is 7.78. The topological polar surface area (TPSA) is 110 Å². The van der Waals surface area contributed by atoms with Crippen LogP contribution < -0.4 is 11.1 Å². The van der Waals surface area contributed by atoms with E-state index in [0.717, 1.165) is 43.4 Å². The van der Waals surface area contributed by atoms with Crippen LogP contribution in [0.2, 0.25) is 0 Å². The molecule has 1 heterocycles. The Labute approximate surface area is 222 Å². The zero-order valence-corrected chi connectivity index (χ0v) is 22.9. The fourth-order valence-corrected chi connectivity index (χ4v) is 5.02. The number of hydrogen-bond acceptors (Lipinski definition) is 5. The van der Waals surface area contributed by atoms with Gasteiger partial charge in [-0.15, -0.1) is 0 Å². The molecule has 7 nitrogen and oxygen atoms in total.